The molecule has 2 aliphatic rings. The molecule has 2 heterocycles. The molecule has 2 fully saturated rings. The van der Waals surface area contributed by atoms with Gasteiger partial charge in [0.05, 0.1) is 0 Å². The van der Waals surface area contributed by atoms with Crippen LogP contribution in [0.3, 0.4) is 0 Å². The molecule has 9 heteroatoms. The summed E-state index contributed by atoms with van der Waals surface area (Å²) in [7, 11) is 0. The Morgan fingerprint density at radius 3 is 1.54 bits per heavy atom. The Hall–Kier alpha value is -2.58. The third-order valence-electron chi connectivity index (χ3n) is 7.26. The Bertz CT molecular complexity index is 1210. The lowest BCUT2D eigenvalue weighted by Gasteiger charge is -2.37. The van der Waals surface area contributed by atoms with Crippen molar-refractivity contribution in [3.63, 3.8) is 0 Å². The molecule has 0 bridgehead atoms. The lowest BCUT2D eigenvalue weighted by Crippen LogP contribution is -2.46. The molecule has 0 aliphatic carbocycles. The zero-order chi connectivity index (χ0) is 25.9. The van der Waals surface area contributed by atoms with Crippen LogP contribution in [-0.4, -0.2) is 67.3 Å². The van der Waals surface area contributed by atoms with Gasteiger partial charge in [-0.05, 0) is 54.6 Å². The number of aromatic hydroxyl groups is 1. The first-order chi connectivity index (χ1) is 17.9. The molecule has 2 saturated heterocycles. The van der Waals surface area contributed by atoms with E-state index in [1.165, 1.54) is 0 Å². The standard InChI is InChI=1S/C28H30Cl2F2N4O/c29-21-1-5-23(6-2-21)35-13-9-33(10-14-35)18-20-17-26(31)28(37)25(27(20)32)19-34-11-15-36(16-12-34)24-7-3-22(30)4-8-24/h1-8,17,37H,9-16,18-19H2. The van der Waals surface area contributed by atoms with Crippen LogP contribution in [0.25, 0.3) is 0 Å². The first kappa shape index (κ1) is 26.0. The highest BCUT2D eigenvalue weighted by atomic mass is 35.5. The summed E-state index contributed by atoms with van der Waals surface area (Å²) in [6.07, 6.45) is 0. The molecule has 3 aromatic carbocycles. The predicted molar refractivity (Wildman–Crippen MR) is 146 cm³/mol. The third-order valence-corrected chi connectivity index (χ3v) is 7.77. The number of nitrogens with zero attached hydrogens (tertiary/aromatic N) is 4. The van der Waals surface area contributed by atoms with Gasteiger partial charge in [0.2, 0.25) is 0 Å². The Balaban J connectivity index is 1.20. The number of hydrogen-bond acceptors (Lipinski definition) is 5. The van der Waals surface area contributed by atoms with Crippen molar-refractivity contribution in [2.75, 3.05) is 62.2 Å². The van der Waals surface area contributed by atoms with E-state index in [1.54, 1.807) is 0 Å². The number of halogens is 4. The van der Waals surface area contributed by atoms with Crippen LogP contribution in [-0.2, 0) is 13.1 Å². The topological polar surface area (TPSA) is 33.2 Å². The number of rotatable bonds is 6. The van der Waals surface area contributed by atoms with E-state index in [2.05, 4.69) is 19.6 Å². The second-order valence-electron chi connectivity index (χ2n) is 9.64. The van der Waals surface area contributed by atoms with Crippen LogP contribution in [0.5, 0.6) is 5.75 Å². The van der Waals surface area contributed by atoms with Crippen molar-refractivity contribution < 1.29 is 13.9 Å². The average Bonchev–Trinajstić information content (AvgIpc) is 2.91. The minimum absolute atomic E-state index is 0.0368. The first-order valence-corrected chi connectivity index (χ1v) is 13.3. The summed E-state index contributed by atoms with van der Waals surface area (Å²) in [5, 5.41) is 11.8. The molecule has 1 N–H and O–H groups in total. The van der Waals surface area contributed by atoms with Crippen LogP contribution >= 0.6 is 23.2 Å². The van der Waals surface area contributed by atoms with Crippen molar-refractivity contribution >= 4 is 34.6 Å². The molecule has 0 saturated carbocycles. The van der Waals surface area contributed by atoms with Gasteiger partial charge in [0, 0.05) is 98.0 Å². The lowest BCUT2D eigenvalue weighted by atomic mass is 10.1. The first-order valence-electron chi connectivity index (χ1n) is 12.5. The third kappa shape index (κ3) is 6.12. The van der Waals surface area contributed by atoms with E-state index < -0.39 is 17.4 Å². The molecule has 0 radical (unpaired) electrons. The van der Waals surface area contributed by atoms with Crippen LogP contribution < -0.4 is 9.80 Å². The molecule has 0 aromatic heterocycles. The van der Waals surface area contributed by atoms with E-state index >= 15 is 4.39 Å². The summed E-state index contributed by atoms with van der Waals surface area (Å²) >= 11 is 12.0. The van der Waals surface area contributed by atoms with E-state index in [1.807, 2.05) is 48.5 Å². The number of phenols is 1. The highest BCUT2D eigenvalue weighted by Crippen LogP contribution is 2.30. The minimum Gasteiger partial charge on any atom is -0.505 e. The number of phenolic OH excluding ortho intramolecular Hbond substituents is 1. The fourth-order valence-corrected chi connectivity index (χ4v) is 5.33. The van der Waals surface area contributed by atoms with Crippen LogP contribution in [0, 0.1) is 11.6 Å². The largest absolute Gasteiger partial charge is 0.505 e. The number of hydrogen-bond donors (Lipinski definition) is 1. The zero-order valence-corrected chi connectivity index (χ0v) is 22.0. The van der Waals surface area contributed by atoms with Crippen molar-refractivity contribution in [3.05, 3.63) is 87.4 Å². The van der Waals surface area contributed by atoms with Crippen LogP contribution in [0.4, 0.5) is 20.2 Å². The van der Waals surface area contributed by atoms with Gasteiger partial charge in [-0.3, -0.25) is 9.80 Å². The van der Waals surface area contributed by atoms with Gasteiger partial charge in [-0.25, -0.2) is 8.78 Å². The van der Waals surface area contributed by atoms with Crippen LogP contribution in [0.15, 0.2) is 54.6 Å². The van der Waals surface area contributed by atoms with Gasteiger partial charge in [0.15, 0.2) is 11.6 Å². The van der Waals surface area contributed by atoms with Crippen molar-refractivity contribution in [1.29, 1.82) is 0 Å². The van der Waals surface area contributed by atoms with Crippen molar-refractivity contribution in [1.82, 2.24) is 9.80 Å². The molecule has 0 unspecified atom stereocenters. The van der Waals surface area contributed by atoms with E-state index in [9.17, 15) is 9.50 Å². The highest BCUT2D eigenvalue weighted by Gasteiger charge is 2.25. The maximum Gasteiger partial charge on any atom is 0.165 e. The van der Waals surface area contributed by atoms with E-state index in [0.29, 0.717) is 29.7 Å². The maximum atomic E-state index is 15.6. The summed E-state index contributed by atoms with van der Waals surface area (Å²) < 4.78 is 30.2. The molecular formula is C28H30Cl2F2N4O. The summed E-state index contributed by atoms with van der Waals surface area (Å²) in [6.45, 7) is 6.37. The summed E-state index contributed by atoms with van der Waals surface area (Å²) in [5.74, 6) is -1.88. The van der Waals surface area contributed by atoms with E-state index in [-0.39, 0.29) is 17.7 Å². The molecule has 0 atom stereocenters. The molecule has 37 heavy (non-hydrogen) atoms. The molecule has 196 valence electrons. The normalized spacial score (nSPS) is 17.4. The SMILES string of the molecule is Oc1c(F)cc(CN2CCN(c3ccc(Cl)cc3)CC2)c(F)c1CN1CCN(c2ccc(Cl)cc2)CC1. The van der Waals surface area contributed by atoms with Gasteiger partial charge in [-0.2, -0.15) is 0 Å². The van der Waals surface area contributed by atoms with Crippen molar-refractivity contribution in [2.24, 2.45) is 0 Å². The summed E-state index contributed by atoms with van der Waals surface area (Å²) in [4.78, 5) is 8.67. The number of anilines is 2. The molecule has 0 spiro atoms. The zero-order valence-electron chi connectivity index (χ0n) is 20.5. The van der Waals surface area contributed by atoms with Crippen molar-refractivity contribution in [2.45, 2.75) is 13.1 Å². The molecule has 5 rings (SSSR count). The Labute approximate surface area is 226 Å². The fraction of sp³-hybridized carbons (Fsp3) is 0.357. The van der Waals surface area contributed by atoms with E-state index in [0.717, 1.165) is 56.7 Å². The fourth-order valence-electron chi connectivity index (χ4n) is 5.08. The van der Waals surface area contributed by atoms with Crippen molar-refractivity contribution in [3.8, 4) is 5.75 Å². The van der Waals surface area contributed by atoms with E-state index in [4.69, 9.17) is 23.2 Å². The molecule has 0 amide bonds. The predicted octanol–water partition coefficient (Wildman–Crippen LogP) is 5.62. The summed E-state index contributed by atoms with van der Waals surface area (Å²) in [5.41, 5.74) is 2.51. The van der Waals surface area contributed by atoms with Gasteiger partial charge in [0.25, 0.3) is 0 Å². The lowest BCUT2D eigenvalue weighted by molar-refractivity contribution is 0.235. The second-order valence-corrected chi connectivity index (χ2v) is 10.5. The second kappa shape index (κ2) is 11.4. The molecule has 5 nitrogen and oxygen atoms in total. The van der Waals surface area contributed by atoms with Gasteiger partial charge in [-0.15, -0.1) is 0 Å². The number of benzene rings is 3. The molecule has 3 aromatic rings. The average molecular weight is 547 g/mol. The monoisotopic (exact) mass is 546 g/mol. The van der Waals surface area contributed by atoms with Gasteiger partial charge < -0.3 is 14.9 Å². The molecule has 2 aliphatic heterocycles. The van der Waals surface area contributed by atoms with Crippen LogP contribution in [0.2, 0.25) is 10.0 Å². The molecular weight excluding hydrogens is 517 g/mol. The Kier molecular flexibility index (Phi) is 8.05. The quantitative estimate of drug-likeness (QED) is 0.433. The summed E-state index contributed by atoms with van der Waals surface area (Å²) in [6, 6.07) is 16.6. The Morgan fingerprint density at radius 2 is 1.08 bits per heavy atom. The van der Waals surface area contributed by atoms with Gasteiger partial charge >= 0.3 is 0 Å². The minimum atomic E-state index is -0.772. The Morgan fingerprint density at radius 1 is 0.649 bits per heavy atom. The maximum absolute atomic E-state index is 15.6. The number of piperazine rings is 2. The van der Waals surface area contributed by atoms with Crippen LogP contribution in [0.1, 0.15) is 11.1 Å². The van der Waals surface area contributed by atoms with Gasteiger partial charge in [-0.1, -0.05) is 23.2 Å². The highest BCUT2D eigenvalue weighted by molar-refractivity contribution is 6.30. The smallest absolute Gasteiger partial charge is 0.165 e. The van der Waals surface area contributed by atoms with Gasteiger partial charge in [0.1, 0.15) is 5.82 Å².